The highest BCUT2D eigenvalue weighted by atomic mass is 32.1. The molecule has 1 aliphatic heterocycles. The SMILES string of the molecule is O=C1CCCC1C1CCCN1C(=O)c1cscn1. The number of carbonyl (C=O) groups is 2. The summed E-state index contributed by atoms with van der Waals surface area (Å²) in [7, 11) is 0. The Morgan fingerprint density at radius 1 is 1.39 bits per heavy atom. The number of aromatic nitrogens is 1. The quantitative estimate of drug-likeness (QED) is 0.822. The van der Waals surface area contributed by atoms with Gasteiger partial charge in [0.2, 0.25) is 0 Å². The van der Waals surface area contributed by atoms with E-state index in [1.54, 1.807) is 10.9 Å². The summed E-state index contributed by atoms with van der Waals surface area (Å²) >= 11 is 1.44. The van der Waals surface area contributed by atoms with Crippen LogP contribution in [0.3, 0.4) is 0 Å². The Morgan fingerprint density at radius 2 is 2.28 bits per heavy atom. The fraction of sp³-hybridized carbons (Fsp3) is 0.615. The molecule has 3 rings (SSSR count). The fourth-order valence-electron chi connectivity index (χ4n) is 3.18. The molecular weight excluding hydrogens is 248 g/mol. The van der Waals surface area contributed by atoms with Crippen LogP contribution in [0.15, 0.2) is 10.9 Å². The maximum atomic E-state index is 12.3. The molecule has 1 amide bonds. The number of hydrogen-bond donors (Lipinski definition) is 0. The van der Waals surface area contributed by atoms with E-state index in [-0.39, 0.29) is 17.9 Å². The lowest BCUT2D eigenvalue weighted by Crippen LogP contribution is -2.41. The Balaban J connectivity index is 1.79. The Bertz CT molecular complexity index is 458. The van der Waals surface area contributed by atoms with E-state index < -0.39 is 0 Å². The summed E-state index contributed by atoms with van der Waals surface area (Å²) in [5.41, 5.74) is 2.20. The predicted molar refractivity (Wildman–Crippen MR) is 68.5 cm³/mol. The maximum absolute atomic E-state index is 12.3. The minimum absolute atomic E-state index is 0.00144. The molecule has 4 nitrogen and oxygen atoms in total. The van der Waals surface area contributed by atoms with E-state index in [9.17, 15) is 9.59 Å². The lowest BCUT2D eigenvalue weighted by Gasteiger charge is -2.28. The van der Waals surface area contributed by atoms with Gasteiger partial charge in [0.25, 0.3) is 5.91 Å². The molecule has 0 N–H and O–H groups in total. The highest BCUT2D eigenvalue weighted by Gasteiger charge is 2.40. The first-order valence-electron chi connectivity index (χ1n) is 6.49. The van der Waals surface area contributed by atoms with Crippen molar-refractivity contribution in [3.8, 4) is 0 Å². The van der Waals surface area contributed by atoms with Gasteiger partial charge in [-0.05, 0) is 25.7 Å². The number of rotatable bonds is 2. The molecule has 1 aliphatic carbocycles. The number of thiazole rings is 1. The summed E-state index contributed by atoms with van der Waals surface area (Å²) in [6, 6.07) is 0.120. The van der Waals surface area contributed by atoms with Crippen molar-refractivity contribution in [3.63, 3.8) is 0 Å². The first kappa shape index (κ1) is 11.8. The van der Waals surface area contributed by atoms with Crippen molar-refractivity contribution in [2.75, 3.05) is 6.54 Å². The van der Waals surface area contributed by atoms with Gasteiger partial charge in [-0.25, -0.2) is 4.98 Å². The number of Topliss-reactive ketones (excluding diaryl/α,β-unsaturated/α-hetero) is 1. The topological polar surface area (TPSA) is 50.3 Å². The van der Waals surface area contributed by atoms with E-state index in [1.807, 2.05) is 4.90 Å². The van der Waals surface area contributed by atoms with Gasteiger partial charge in [-0.15, -0.1) is 11.3 Å². The molecule has 5 heteroatoms. The van der Waals surface area contributed by atoms with Gasteiger partial charge in [0.15, 0.2) is 0 Å². The monoisotopic (exact) mass is 264 g/mol. The Morgan fingerprint density at radius 3 is 2.94 bits per heavy atom. The normalized spacial score (nSPS) is 28.0. The zero-order valence-electron chi connectivity index (χ0n) is 10.2. The minimum atomic E-state index is -0.00144. The first-order valence-corrected chi connectivity index (χ1v) is 7.43. The number of carbonyl (C=O) groups excluding carboxylic acids is 2. The standard InChI is InChI=1S/C13H16N2O2S/c16-12-5-1-3-9(12)11-4-2-6-15(11)13(17)10-7-18-8-14-10/h7-9,11H,1-6H2. The molecule has 2 atom stereocenters. The van der Waals surface area contributed by atoms with Crippen molar-refractivity contribution in [2.24, 2.45) is 5.92 Å². The molecule has 96 valence electrons. The Kier molecular flexibility index (Phi) is 3.16. The average Bonchev–Trinajstić information content (AvgIpc) is 3.09. The highest BCUT2D eigenvalue weighted by molar-refractivity contribution is 7.07. The fourth-order valence-corrected chi connectivity index (χ4v) is 3.70. The minimum Gasteiger partial charge on any atom is -0.334 e. The van der Waals surface area contributed by atoms with Crippen molar-refractivity contribution in [3.05, 3.63) is 16.6 Å². The molecular formula is C13H16N2O2S. The van der Waals surface area contributed by atoms with Gasteiger partial charge in [-0.3, -0.25) is 9.59 Å². The second-order valence-corrected chi connectivity index (χ2v) is 5.77. The van der Waals surface area contributed by atoms with Gasteiger partial charge >= 0.3 is 0 Å². The van der Waals surface area contributed by atoms with Gasteiger partial charge in [-0.2, -0.15) is 0 Å². The first-order chi connectivity index (χ1) is 8.77. The van der Waals surface area contributed by atoms with Crippen LogP contribution >= 0.6 is 11.3 Å². The number of amides is 1. The van der Waals surface area contributed by atoms with Crippen LogP contribution in [-0.2, 0) is 4.79 Å². The molecule has 2 heterocycles. The molecule has 2 fully saturated rings. The smallest absolute Gasteiger partial charge is 0.273 e. The molecule has 0 radical (unpaired) electrons. The molecule has 18 heavy (non-hydrogen) atoms. The largest absolute Gasteiger partial charge is 0.334 e. The maximum Gasteiger partial charge on any atom is 0.273 e. The second kappa shape index (κ2) is 4.80. The number of ketones is 1. The van der Waals surface area contributed by atoms with E-state index in [4.69, 9.17) is 0 Å². The summed E-state index contributed by atoms with van der Waals surface area (Å²) in [5.74, 6) is 0.423. The Hall–Kier alpha value is -1.23. The number of nitrogens with zero attached hydrogens (tertiary/aromatic N) is 2. The summed E-state index contributed by atoms with van der Waals surface area (Å²) < 4.78 is 0. The molecule has 1 saturated carbocycles. The Labute approximate surface area is 110 Å². The van der Waals surface area contributed by atoms with E-state index >= 15 is 0 Å². The average molecular weight is 264 g/mol. The molecule has 0 spiro atoms. The number of likely N-dealkylation sites (tertiary alicyclic amines) is 1. The lowest BCUT2D eigenvalue weighted by atomic mass is 9.95. The summed E-state index contributed by atoms with van der Waals surface area (Å²) in [4.78, 5) is 30.2. The van der Waals surface area contributed by atoms with Crippen molar-refractivity contribution in [2.45, 2.75) is 38.1 Å². The van der Waals surface area contributed by atoms with Crippen LogP contribution in [-0.4, -0.2) is 34.2 Å². The van der Waals surface area contributed by atoms with Crippen LogP contribution < -0.4 is 0 Å². The third-order valence-electron chi connectivity index (χ3n) is 4.03. The van der Waals surface area contributed by atoms with Crippen LogP contribution in [0, 0.1) is 5.92 Å². The van der Waals surface area contributed by atoms with E-state index in [2.05, 4.69) is 4.98 Å². The zero-order chi connectivity index (χ0) is 12.5. The van der Waals surface area contributed by atoms with E-state index in [0.29, 0.717) is 17.9 Å². The van der Waals surface area contributed by atoms with E-state index in [1.165, 1.54) is 11.3 Å². The van der Waals surface area contributed by atoms with Crippen molar-refractivity contribution < 1.29 is 9.59 Å². The summed E-state index contributed by atoms with van der Waals surface area (Å²) in [6.07, 6.45) is 4.60. The van der Waals surface area contributed by atoms with Crippen LogP contribution in [0.25, 0.3) is 0 Å². The van der Waals surface area contributed by atoms with Crippen LogP contribution in [0.4, 0.5) is 0 Å². The van der Waals surface area contributed by atoms with Crippen LogP contribution in [0.2, 0.25) is 0 Å². The van der Waals surface area contributed by atoms with Gasteiger partial charge in [0.1, 0.15) is 11.5 Å². The second-order valence-electron chi connectivity index (χ2n) is 5.05. The molecule has 1 aromatic rings. The van der Waals surface area contributed by atoms with Crippen LogP contribution in [0.5, 0.6) is 0 Å². The van der Waals surface area contributed by atoms with Gasteiger partial charge < -0.3 is 4.90 Å². The molecule has 1 aromatic heterocycles. The molecule has 1 saturated heterocycles. The zero-order valence-corrected chi connectivity index (χ0v) is 11.0. The highest BCUT2D eigenvalue weighted by Crippen LogP contribution is 2.33. The summed E-state index contributed by atoms with van der Waals surface area (Å²) in [5, 5.41) is 1.79. The van der Waals surface area contributed by atoms with Gasteiger partial charge in [0.05, 0.1) is 5.51 Å². The summed E-state index contributed by atoms with van der Waals surface area (Å²) in [6.45, 7) is 0.769. The van der Waals surface area contributed by atoms with Gasteiger partial charge in [-0.1, -0.05) is 0 Å². The van der Waals surface area contributed by atoms with Crippen molar-refractivity contribution >= 4 is 23.0 Å². The molecule has 0 bridgehead atoms. The number of hydrogen-bond acceptors (Lipinski definition) is 4. The van der Waals surface area contributed by atoms with Crippen LogP contribution in [0.1, 0.15) is 42.6 Å². The molecule has 0 aromatic carbocycles. The lowest BCUT2D eigenvalue weighted by molar-refractivity contribution is -0.121. The van der Waals surface area contributed by atoms with Crippen molar-refractivity contribution in [1.29, 1.82) is 0 Å². The third kappa shape index (κ3) is 1.96. The van der Waals surface area contributed by atoms with E-state index in [0.717, 1.165) is 32.2 Å². The predicted octanol–water partition coefficient (Wildman–Crippen LogP) is 2.12. The molecule has 2 unspecified atom stereocenters. The van der Waals surface area contributed by atoms with Crippen molar-refractivity contribution in [1.82, 2.24) is 9.88 Å². The van der Waals surface area contributed by atoms with Gasteiger partial charge in [0, 0.05) is 30.3 Å². The molecule has 2 aliphatic rings. The third-order valence-corrected chi connectivity index (χ3v) is 4.61.